The molecule has 0 radical (unpaired) electrons. The standard InChI is InChI=1S/C18H18ClNO4/c1-2-8-23-16-7-6-13(11-21)17(10-16)24-12-18(22)20-15-5-3-4-14(19)9-15/h3-7,9-11H,2,8,12H2,1H3,(H,20,22). The van der Waals surface area contributed by atoms with Crippen LogP contribution >= 0.6 is 11.6 Å². The highest BCUT2D eigenvalue weighted by Crippen LogP contribution is 2.24. The minimum atomic E-state index is -0.353. The van der Waals surface area contributed by atoms with Crippen LogP contribution in [0, 0.1) is 0 Å². The lowest BCUT2D eigenvalue weighted by Crippen LogP contribution is -2.20. The molecule has 2 aromatic rings. The predicted molar refractivity (Wildman–Crippen MR) is 93.2 cm³/mol. The Kier molecular flexibility index (Phi) is 6.63. The van der Waals surface area contributed by atoms with Crippen molar-refractivity contribution < 1.29 is 19.1 Å². The third-order valence-electron chi connectivity index (χ3n) is 3.05. The van der Waals surface area contributed by atoms with Crippen LogP contribution in [-0.2, 0) is 4.79 Å². The summed E-state index contributed by atoms with van der Waals surface area (Å²) >= 11 is 5.86. The number of halogens is 1. The Morgan fingerprint density at radius 2 is 2.04 bits per heavy atom. The van der Waals surface area contributed by atoms with Crippen LogP contribution in [0.2, 0.25) is 5.02 Å². The number of hydrogen-bond donors (Lipinski definition) is 1. The van der Waals surface area contributed by atoms with E-state index in [1.54, 1.807) is 42.5 Å². The molecule has 0 heterocycles. The second-order valence-electron chi connectivity index (χ2n) is 5.01. The molecule has 5 nitrogen and oxygen atoms in total. The van der Waals surface area contributed by atoms with E-state index >= 15 is 0 Å². The second kappa shape index (κ2) is 8.93. The van der Waals surface area contributed by atoms with Gasteiger partial charge in [0.1, 0.15) is 11.5 Å². The monoisotopic (exact) mass is 347 g/mol. The Labute approximate surface area is 145 Å². The lowest BCUT2D eigenvalue weighted by atomic mass is 10.2. The van der Waals surface area contributed by atoms with Crippen LogP contribution in [0.4, 0.5) is 5.69 Å². The average molecular weight is 348 g/mol. The minimum Gasteiger partial charge on any atom is -0.493 e. The molecule has 24 heavy (non-hydrogen) atoms. The summed E-state index contributed by atoms with van der Waals surface area (Å²) in [7, 11) is 0. The van der Waals surface area contributed by atoms with Gasteiger partial charge in [0.25, 0.3) is 5.91 Å². The van der Waals surface area contributed by atoms with Crippen molar-refractivity contribution in [2.24, 2.45) is 0 Å². The fourth-order valence-electron chi connectivity index (χ4n) is 1.95. The molecular formula is C18H18ClNO4. The van der Waals surface area contributed by atoms with Gasteiger partial charge in [-0.15, -0.1) is 0 Å². The van der Waals surface area contributed by atoms with E-state index in [0.717, 1.165) is 6.42 Å². The summed E-state index contributed by atoms with van der Waals surface area (Å²) in [5.41, 5.74) is 0.932. The molecule has 0 aliphatic heterocycles. The number of benzene rings is 2. The Balaban J connectivity index is 1.99. The van der Waals surface area contributed by atoms with E-state index in [0.29, 0.717) is 40.7 Å². The first-order chi connectivity index (χ1) is 11.6. The zero-order valence-corrected chi connectivity index (χ0v) is 14.0. The van der Waals surface area contributed by atoms with E-state index < -0.39 is 0 Å². The first-order valence-corrected chi connectivity index (χ1v) is 7.90. The molecule has 0 saturated heterocycles. The molecule has 0 fully saturated rings. The van der Waals surface area contributed by atoms with E-state index in [4.69, 9.17) is 21.1 Å². The summed E-state index contributed by atoms with van der Waals surface area (Å²) in [6, 6.07) is 11.7. The van der Waals surface area contributed by atoms with Crippen LogP contribution in [0.1, 0.15) is 23.7 Å². The molecule has 0 atom stereocenters. The molecule has 0 aliphatic rings. The van der Waals surface area contributed by atoms with Crippen molar-refractivity contribution in [2.75, 3.05) is 18.5 Å². The summed E-state index contributed by atoms with van der Waals surface area (Å²) < 4.78 is 11.0. The van der Waals surface area contributed by atoms with Gasteiger partial charge in [0.05, 0.1) is 12.2 Å². The van der Waals surface area contributed by atoms with Crippen molar-refractivity contribution in [3.8, 4) is 11.5 Å². The van der Waals surface area contributed by atoms with Gasteiger partial charge in [-0.25, -0.2) is 0 Å². The SMILES string of the molecule is CCCOc1ccc(C=O)c(OCC(=O)Nc2cccc(Cl)c2)c1. The Morgan fingerprint density at radius 3 is 2.75 bits per heavy atom. The number of amides is 1. The van der Waals surface area contributed by atoms with E-state index in [2.05, 4.69) is 5.32 Å². The summed E-state index contributed by atoms with van der Waals surface area (Å²) in [4.78, 5) is 23.0. The van der Waals surface area contributed by atoms with Crippen molar-refractivity contribution in [2.45, 2.75) is 13.3 Å². The quantitative estimate of drug-likeness (QED) is 0.734. The molecule has 1 amide bonds. The summed E-state index contributed by atoms with van der Waals surface area (Å²) in [5, 5.41) is 3.20. The molecule has 2 aromatic carbocycles. The van der Waals surface area contributed by atoms with Gasteiger partial charge < -0.3 is 14.8 Å². The van der Waals surface area contributed by atoms with E-state index in [-0.39, 0.29) is 12.5 Å². The number of hydrogen-bond acceptors (Lipinski definition) is 4. The lowest BCUT2D eigenvalue weighted by molar-refractivity contribution is -0.118. The van der Waals surface area contributed by atoms with Crippen LogP contribution < -0.4 is 14.8 Å². The van der Waals surface area contributed by atoms with Crippen LogP contribution in [-0.4, -0.2) is 25.4 Å². The molecule has 0 unspecified atom stereocenters. The van der Waals surface area contributed by atoms with Crippen molar-refractivity contribution in [3.05, 3.63) is 53.1 Å². The van der Waals surface area contributed by atoms with Gasteiger partial charge in [-0.3, -0.25) is 9.59 Å². The van der Waals surface area contributed by atoms with Gasteiger partial charge in [-0.2, -0.15) is 0 Å². The van der Waals surface area contributed by atoms with Crippen molar-refractivity contribution >= 4 is 29.5 Å². The topological polar surface area (TPSA) is 64.6 Å². The fourth-order valence-corrected chi connectivity index (χ4v) is 2.14. The number of carbonyl (C=O) groups excluding carboxylic acids is 2. The zero-order chi connectivity index (χ0) is 17.4. The predicted octanol–water partition coefficient (Wildman–Crippen LogP) is 3.96. The van der Waals surface area contributed by atoms with Gasteiger partial charge in [0.15, 0.2) is 12.9 Å². The smallest absolute Gasteiger partial charge is 0.262 e. The Morgan fingerprint density at radius 1 is 1.21 bits per heavy atom. The molecule has 0 bridgehead atoms. The molecule has 2 rings (SSSR count). The number of anilines is 1. The van der Waals surface area contributed by atoms with Crippen LogP contribution in [0.15, 0.2) is 42.5 Å². The maximum absolute atomic E-state index is 12.0. The Bertz CT molecular complexity index is 718. The first-order valence-electron chi connectivity index (χ1n) is 7.52. The van der Waals surface area contributed by atoms with E-state index in [1.807, 2.05) is 6.92 Å². The van der Waals surface area contributed by atoms with Crippen molar-refractivity contribution in [1.82, 2.24) is 0 Å². The molecule has 0 spiro atoms. The van der Waals surface area contributed by atoms with E-state index in [1.165, 1.54) is 0 Å². The summed E-state index contributed by atoms with van der Waals surface area (Å²) in [5.74, 6) is 0.543. The summed E-state index contributed by atoms with van der Waals surface area (Å²) in [6.45, 7) is 2.33. The molecule has 0 aliphatic carbocycles. The molecule has 126 valence electrons. The first kappa shape index (κ1) is 17.8. The third-order valence-corrected chi connectivity index (χ3v) is 3.29. The highest BCUT2D eigenvalue weighted by Gasteiger charge is 2.09. The highest BCUT2D eigenvalue weighted by molar-refractivity contribution is 6.30. The van der Waals surface area contributed by atoms with Crippen molar-refractivity contribution in [3.63, 3.8) is 0 Å². The molecule has 6 heteroatoms. The number of carbonyl (C=O) groups is 2. The van der Waals surface area contributed by atoms with E-state index in [9.17, 15) is 9.59 Å². The van der Waals surface area contributed by atoms with Crippen LogP contribution in [0.25, 0.3) is 0 Å². The lowest BCUT2D eigenvalue weighted by Gasteiger charge is -2.11. The van der Waals surface area contributed by atoms with Crippen LogP contribution in [0.5, 0.6) is 11.5 Å². The van der Waals surface area contributed by atoms with Gasteiger partial charge in [0, 0.05) is 16.8 Å². The fraction of sp³-hybridized carbons (Fsp3) is 0.222. The summed E-state index contributed by atoms with van der Waals surface area (Å²) in [6.07, 6.45) is 1.54. The van der Waals surface area contributed by atoms with Gasteiger partial charge >= 0.3 is 0 Å². The molecule has 1 N–H and O–H groups in total. The number of aldehydes is 1. The maximum atomic E-state index is 12.0. The minimum absolute atomic E-state index is 0.232. The Hall–Kier alpha value is -2.53. The van der Waals surface area contributed by atoms with Gasteiger partial charge in [-0.05, 0) is 36.8 Å². The number of rotatable bonds is 8. The van der Waals surface area contributed by atoms with Crippen LogP contribution in [0.3, 0.4) is 0 Å². The maximum Gasteiger partial charge on any atom is 0.262 e. The van der Waals surface area contributed by atoms with Gasteiger partial charge in [0.2, 0.25) is 0 Å². The number of ether oxygens (including phenoxy) is 2. The van der Waals surface area contributed by atoms with Gasteiger partial charge in [-0.1, -0.05) is 24.6 Å². The highest BCUT2D eigenvalue weighted by atomic mass is 35.5. The molecule has 0 saturated carbocycles. The normalized spacial score (nSPS) is 10.1. The zero-order valence-electron chi connectivity index (χ0n) is 13.3. The molecular weight excluding hydrogens is 330 g/mol. The molecule has 0 aromatic heterocycles. The average Bonchev–Trinajstić information content (AvgIpc) is 2.58. The number of nitrogens with one attached hydrogen (secondary N) is 1. The van der Waals surface area contributed by atoms with Crippen molar-refractivity contribution in [1.29, 1.82) is 0 Å². The largest absolute Gasteiger partial charge is 0.493 e. The second-order valence-corrected chi connectivity index (χ2v) is 5.45. The third kappa shape index (κ3) is 5.28.